The van der Waals surface area contributed by atoms with Crippen LogP contribution in [-0.4, -0.2) is 0 Å². The molecule has 0 saturated heterocycles. The standard InChI is InChI=1S/C25H18.C13H10.C12H11N/c1-3-9-18(10-4-1)22-15-16-23-21-14-8-7-13-20(21)17-24(23)25(22)19-11-5-2-6-12-19;1-3-7-12-10(5-1)9-11-6-2-4-8-13(11)12;13-12-9-5-4-8-11(12)10-6-2-1-3-7-10/h1-16H,17H2;1-8H,9H2;1-9H,13H2. The summed E-state index contributed by atoms with van der Waals surface area (Å²) in [5, 5.41) is 0. The van der Waals surface area contributed by atoms with Crippen LogP contribution in [0, 0.1) is 0 Å². The molecule has 0 radical (unpaired) electrons. The molecule has 0 aliphatic heterocycles. The van der Waals surface area contributed by atoms with Gasteiger partial charge >= 0.3 is 0 Å². The van der Waals surface area contributed by atoms with Crippen molar-refractivity contribution < 1.29 is 0 Å². The molecule has 0 amide bonds. The summed E-state index contributed by atoms with van der Waals surface area (Å²) in [6.07, 6.45) is 2.11. The molecule has 0 atom stereocenters. The van der Waals surface area contributed by atoms with Crippen molar-refractivity contribution in [1.29, 1.82) is 0 Å². The summed E-state index contributed by atoms with van der Waals surface area (Å²) in [7, 11) is 0. The number of nitrogen functional groups attached to an aromatic ring is 1. The van der Waals surface area contributed by atoms with E-state index in [1.807, 2.05) is 42.5 Å². The summed E-state index contributed by atoms with van der Waals surface area (Å²) in [4.78, 5) is 0. The van der Waals surface area contributed by atoms with Crippen LogP contribution in [0.25, 0.3) is 55.6 Å². The molecular formula is C50H39N. The largest absolute Gasteiger partial charge is 0.398 e. The lowest BCUT2D eigenvalue weighted by Crippen LogP contribution is -1.92. The molecule has 51 heavy (non-hydrogen) atoms. The van der Waals surface area contributed by atoms with Crippen molar-refractivity contribution in [2.24, 2.45) is 0 Å². The fraction of sp³-hybridized carbons (Fsp3) is 0.0400. The molecule has 8 aromatic carbocycles. The summed E-state index contributed by atoms with van der Waals surface area (Å²) in [6.45, 7) is 0. The van der Waals surface area contributed by atoms with Crippen molar-refractivity contribution in [1.82, 2.24) is 0 Å². The lowest BCUT2D eigenvalue weighted by atomic mass is 9.88. The van der Waals surface area contributed by atoms with Crippen LogP contribution in [0.4, 0.5) is 5.69 Å². The van der Waals surface area contributed by atoms with E-state index in [2.05, 4.69) is 158 Å². The number of nitrogens with two attached hydrogens (primary N) is 1. The molecule has 2 N–H and O–H groups in total. The first kappa shape index (κ1) is 31.8. The molecule has 0 fully saturated rings. The monoisotopic (exact) mass is 653 g/mol. The molecule has 0 spiro atoms. The predicted molar refractivity (Wildman–Crippen MR) is 217 cm³/mol. The van der Waals surface area contributed by atoms with Crippen LogP contribution in [-0.2, 0) is 12.8 Å². The second kappa shape index (κ2) is 14.6. The van der Waals surface area contributed by atoms with Gasteiger partial charge in [-0.2, -0.15) is 0 Å². The minimum atomic E-state index is 0.828. The van der Waals surface area contributed by atoms with Gasteiger partial charge in [0.25, 0.3) is 0 Å². The smallest absolute Gasteiger partial charge is 0.0393 e. The third kappa shape index (κ3) is 6.63. The third-order valence-electron chi connectivity index (χ3n) is 9.89. The number of para-hydroxylation sites is 1. The van der Waals surface area contributed by atoms with E-state index in [1.165, 1.54) is 72.3 Å². The van der Waals surface area contributed by atoms with Crippen LogP contribution in [0.5, 0.6) is 0 Å². The predicted octanol–water partition coefficient (Wildman–Crippen LogP) is 12.8. The van der Waals surface area contributed by atoms with Gasteiger partial charge in [0.1, 0.15) is 0 Å². The van der Waals surface area contributed by atoms with E-state index in [0.29, 0.717) is 0 Å². The van der Waals surface area contributed by atoms with Gasteiger partial charge in [0, 0.05) is 11.3 Å². The normalized spacial score (nSPS) is 11.5. The summed E-state index contributed by atoms with van der Waals surface area (Å²) in [5.74, 6) is 0. The minimum absolute atomic E-state index is 0.828. The number of hydrogen-bond acceptors (Lipinski definition) is 1. The van der Waals surface area contributed by atoms with Crippen LogP contribution in [0.15, 0.2) is 200 Å². The van der Waals surface area contributed by atoms with E-state index in [0.717, 1.165) is 24.1 Å². The number of rotatable bonds is 3. The van der Waals surface area contributed by atoms with E-state index < -0.39 is 0 Å². The Balaban J connectivity index is 0.000000121. The summed E-state index contributed by atoms with van der Waals surface area (Å²) < 4.78 is 0. The quantitative estimate of drug-likeness (QED) is 0.189. The Labute approximate surface area is 301 Å². The Hall–Kier alpha value is -6.44. The SMILES string of the molecule is Nc1ccccc1-c1ccccc1.c1ccc(-c2ccc3c(c2-c2ccccc2)Cc2ccccc2-3)cc1.c1ccc2c(c1)Cc1ccccc1-2. The van der Waals surface area contributed by atoms with Crippen molar-refractivity contribution in [3.8, 4) is 55.6 Å². The number of hydrogen-bond donors (Lipinski definition) is 1. The van der Waals surface area contributed by atoms with Gasteiger partial charge in [-0.1, -0.05) is 194 Å². The van der Waals surface area contributed by atoms with Crippen molar-refractivity contribution in [2.75, 3.05) is 5.73 Å². The van der Waals surface area contributed by atoms with Gasteiger partial charge < -0.3 is 5.73 Å². The van der Waals surface area contributed by atoms with Crippen LogP contribution in [0.1, 0.15) is 22.3 Å². The summed E-state index contributed by atoms with van der Waals surface area (Å²) in [5.41, 5.74) is 25.6. The molecule has 0 aromatic heterocycles. The third-order valence-corrected chi connectivity index (χ3v) is 9.89. The van der Waals surface area contributed by atoms with Gasteiger partial charge in [-0.25, -0.2) is 0 Å². The molecule has 1 heteroatoms. The fourth-order valence-corrected chi connectivity index (χ4v) is 7.46. The summed E-state index contributed by atoms with van der Waals surface area (Å²) >= 11 is 0. The maximum Gasteiger partial charge on any atom is 0.0393 e. The Morgan fingerprint density at radius 2 is 0.647 bits per heavy atom. The highest BCUT2D eigenvalue weighted by atomic mass is 14.6. The lowest BCUT2D eigenvalue weighted by molar-refractivity contribution is 1.26. The molecule has 0 saturated carbocycles. The maximum atomic E-state index is 5.85. The Morgan fingerprint density at radius 1 is 0.275 bits per heavy atom. The Morgan fingerprint density at radius 3 is 1.18 bits per heavy atom. The average molecular weight is 654 g/mol. The zero-order valence-corrected chi connectivity index (χ0v) is 28.5. The molecule has 10 rings (SSSR count). The molecule has 0 bridgehead atoms. The number of fused-ring (bicyclic) bond motifs is 6. The molecule has 244 valence electrons. The van der Waals surface area contributed by atoms with Crippen LogP contribution >= 0.6 is 0 Å². The van der Waals surface area contributed by atoms with Crippen molar-refractivity contribution >= 4 is 5.69 Å². The van der Waals surface area contributed by atoms with E-state index >= 15 is 0 Å². The lowest BCUT2D eigenvalue weighted by Gasteiger charge is -2.16. The summed E-state index contributed by atoms with van der Waals surface area (Å²) in [6, 6.07) is 70.3. The first-order chi connectivity index (χ1) is 25.2. The van der Waals surface area contributed by atoms with Gasteiger partial charge in [-0.3, -0.25) is 0 Å². The maximum absolute atomic E-state index is 5.85. The van der Waals surface area contributed by atoms with Crippen LogP contribution < -0.4 is 5.73 Å². The zero-order chi connectivity index (χ0) is 34.4. The zero-order valence-electron chi connectivity index (χ0n) is 28.5. The van der Waals surface area contributed by atoms with Gasteiger partial charge in [0.15, 0.2) is 0 Å². The van der Waals surface area contributed by atoms with Crippen LogP contribution in [0.2, 0.25) is 0 Å². The van der Waals surface area contributed by atoms with E-state index in [9.17, 15) is 0 Å². The second-order valence-electron chi connectivity index (χ2n) is 13.0. The van der Waals surface area contributed by atoms with E-state index in [1.54, 1.807) is 0 Å². The molecule has 2 aliphatic rings. The highest BCUT2D eigenvalue weighted by molar-refractivity contribution is 5.93. The van der Waals surface area contributed by atoms with Gasteiger partial charge in [-0.15, -0.1) is 0 Å². The molecule has 8 aromatic rings. The second-order valence-corrected chi connectivity index (χ2v) is 13.0. The van der Waals surface area contributed by atoms with Gasteiger partial charge in [-0.05, 0) is 91.2 Å². The molecule has 2 aliphatic carbocycles. The fourth-order valence-electron chi connectivity index (χ4n) is 7.46. The highest BCUT2D eigenvalue weighted by Crippen LogP contribution is 2.45. The van der Waals surface area contributed by atoms with Crippen LogP contribution in [0.3, 0.4) is 0 Å². The topological polar surface area (TPSA) is 26.0 Å². The van der Waals surface area contributed by atoms with Crippen molar-refractivity contribution in [2.45, 2.75) is 12.8 Å². The highest BCUT2D eigenvalue weighted by Gasteiger charge is 2.24. The van der Waals surface area contributed by atoms with E-state index in [4.69, 9.17) is 5.73 Å². The van der Waals surface area contributed by atoms with E-state index in [-0.39, 0.29) is 0 Å². The van der Waals surface area contributed by atoms with Crippen molar-refractivity contribution in [3.63, 3.8) is 0 Å². The Bertz CT molecular complexity index is 2360. The number of benzene rings is 8. The van der Waals surface area contributed by atoms with Gasteiger partial charge in [0.05, 0.1) is 0 Å². The average Bonchev–Trinajstić information content (AvgIpc) is 3.78. The first-order valence-electron chi connectivity index (χ1n) is 17.7. The Kier molecular flexibility index (Phi) is 9.09. The molecular weight excluding hydrogens is 615 g/mol. The first-order valence-corrected chi connectivity index (χ1v) is 17.7. The minimum Gasteiger partial charge on any atom is -0.398 e. The van der Waals surface area contributed by atoms with Crippen molar-refractivity contribution in [3.05, 3.63) is 222 Å². The van der Waals surface area contributed by atoms with Gasteiger partial charge in [0.2, 0.25) is 0 Å². The molecule has 0 heterocycles. The molecule has 1 nitrogen and oxygen atoms in total. The number of anilines is 1. The molecule has 0 unspecified atom stereocenters.